The predicted octanol–water partition coefficient (Wildman–Crippen LogP) is 6.25. The number of hydrogen-bond acceptors (Lipinski definition) is 2. The number of hydrogen-bond donors (Lipinski definition) is 0. The van der Waals surface area contributed by atoms with Gasteiger partial charge < -0.3 is 9.47 Å². The molecule has 3 aliphatic carbocycles. The molecule has 0 aromatic heterocycles. The molecule has 0 heterocycles. The summed E-state index contributed by atoms with van der Waals surface area (Å²) in [6, 6.07) is 0. The summed E-state index contributed by atoms with van der Waals surface area (Å²) in [6.07, 6.45) is 14.6. The Labute approximate surface area is 162 Å². The van der Waals surface area contributed by atoms with Crippen LogP contribution in [0.2, 0.25) is 0 Å². The van der Waals surface area contributed by atoms with E-state index in [1.54, 1.807) is 5.57 Å². The number of fused-ring (bicyclic) bond motifs is 3. The highest BCUT2D eigenvalue weighted by atomic mass is 16.5. The van der Waals surface area contributed by atoms with Crippen molar-refractivity contribution in [3.63, 3.8) is 0 Å². The molecule has 0 spiro atoms. The molecular weight excluding hydrogens is 320 g/mol. The SMILES string of the molecule is C/C=C1/CCC2C3CCC(CCOC)C(CCC)(COC)C3CCC12C. The van der Waals surface area contributed by atoms with E-state index in [4.69, 9.17) is 9.47 Å². The first-order valence-electron chi connectivity index (χ1n) is 11.2. The fourth-order valence-corrected chi connectivity index (χ4v) is 7.82. The fraction of sp³-hybridized carbons (Fsp3) is 0.917. The molecule has 0 N–H and O–H groups in total. The van der Waals surface area contributed by atoms with Crippen molar-refractivity contribution < 1.29 is 9.47 Å². The molecule has 0 aromatic rings. The van der Waals surface area contributed by atoms with E-state index in [-0.39, 0.29) is 0 Å². The highest BCUT2D eigenvalue weighted by molar-refractivity contribution is 5.23. The Balaban J connectivity index is 1.92. The van der Waals surface area contributed by atoms with Crippen molar-refractivity contribution in [1.82, 2.24) is 0 Å². The summed E-state index contributed by atoms with van der Waals surface area (Å²) in [7, 11) is 3.78. The first-order valence-corrected chi connectivity index (χ1v) is 11.2. The zero-order chi connectivity index (χ0) is 18.8. The van der Waals surface area contributed by atoms with Crippen LogP contribution in [-0.2, 0) is 9.47 Å². The molecule has 150 valence electrons. The van der Waals surface area contributed by atoms with Crippen LogP contribution in [0.25, 0.3) is 0 Å². The highest BCUT2D eigenvalue weighted by Gasteiger charge is 2.59. The Morgan fingerprint density at radius 2 is 1.88 bits per heavy atom. The van der Waals surface area contributed by atoms with Gasteiger partial charge in [-0.25, -0.2) is 0 Å². The molecule has 6 unspecified atom stereocenters. The minimum Gasteiger partial charge on any atom is -0.385 e. The van der Waals surface area contributed by atoms with Crippen LogP contribution in [0.5, 0.6) is 0 Å². The molecule has 3 rings (SSSR count). The average Bonchev–Trinajstić information content (AvgIpc) is 2.98. The van der Waals surface area contributed by atoms with Gasteiger partial charge in [0.1, 0.15) is 0 Å². The molecular formula is C24H42O2. The fourth-order valence-electron chi connectivity index (χ4n) is 7.82. The van der Waals surface area contributed by atoms with E-state index in [0.29, 0.717) is 10.8 Å². The molecule has 0 aliphatic heterocycles. The van der Waals surface area contributed by atoms with Gasteiger partial charge in [-0.2, -0.15) is 0 Å². The molecule has 3 fully saturated rings. The Bertz CT molecular complexity index is 490. The van der Waals surface area contributed by atoms with Crippen molar-refractivity contribution in [3.05, 3.63) is 11.6 Å². The van der Waals surface area contributed by atoms with Gasteiger partial charge in [0.2, 0.25) is 0 Å². The lowest BCUT2D eigenvalue weighted by Gasteiger charge is -2.59. The van der Waals surface area contributed by atoms with E-state index in [1.807, 2.05) is 14.2 Å². The molecule has 0 aromatic carbocycles. The quantitative estimate of drug-likeness (QED) is 0.498. The van der Waals surface area contributed by atoms with Crippen LogP contribution in [0.3, 0.4) is 0 Å². The maximum atomic E-state index is 5.92. The van der Waals surface area contributed by atoms with Gasteiger partial charge in [0.05, 0.1) is 6.61 Å². The van der Waals surface area contributed by atoms with Gasteiger partial charge in [0, 0.05) is 20.8 Å². The monoisotopic (exact) mass is 362 g/mol. The van der Waals surface area contributed by atoms with Crippen LogP contribution in [0.15, 0.2) is 11.6 Å². The van der Waals surface area contributed by atoms with E-state index in [1.165, 1.54) is 57.8 Å². The molecule has 3 saturated carbocycles. The largest absolute Gasteiger partial charge is 0.385 e. The lowest BCUT2D eigenvalue weighted by Crippen LogP contribution is -2.54. The summed E-state index contributed by atoms with van der Waals surface area (Å²) in [4.78, 5) is 0. The summed E-state index contributed by atoms with van der Waals surface area (Å²) >= 11 is 0. The molecule has 0 bridgehead atoms. The van der Waals surface area contributed by atoms with Crippen LogP contribution >= 0.6 is 0 Å². The number of rotatable bonds is 7. The standard InChI is InChI=1S/C24H42O2/c1-6-14-24(17-26-5)19(13-16-25-4)8-10-20-21-11-9-18(7-2)23(21,3)15-12-22(20)24/h7,19-22H,6,8-17H2,1-5H3/b18-7-. The third-order valence-electron chi connectivity index (χ3n) is 8.83. The summed E-state index contributed by atoms with van der Waals surface area (Å²) in [5.41, 5.74) is 2.63. The lowest BCUT2D eigenvalue weighted by atomic mass is 9.46. The van der Waals surface area contributed by atoms with Crippen molar-refractivity contribution in [2.45, 2.75) is 78.6 Å². The van der Waals surface area contributed by atoms with Gasteiger partial charge in [0.25, 0.3) is 0 Å². The Hall–Kier alpha value is -0.340. The highest BCUT2D eigenvalue weighted by Crippen LogP contribution is 2.66. The van der Waals surface area contributed by atoms with Gasteiger partial charge >= 0.3 is 0 Å². The maximum Gasteiger partial charge on any atom is 0.0524 e. The van der Waals surface area contributed by atoms with Crippen LogP contribution in [-0.4, -0.2) is 27.4 Å². The third kappa shape index (κ3) is 3.20. The summed E-state index contributed by atoms with van der Waals surface area (Å²) in [6.45, 7) is 9.08. The van der Waals surface area contributed by atoms with Crippen LogP contribution in [0, 0.1) is 34.5 Å². The average molecular weight is 363 g/mol. The minimum atomic E-state index is 0.380. The molecule has 2 heteroatoms. The van der Waals surface area contributed by atoms with E-state index >= 15 is 0 Å². The van der Waals surface area contributed by atoms with E-state index < -0.39 is 0 Å². The molecule has 3 aliphatic rings. The van der Waals surface area contributed by atoms with Crippen molar-refractivity contribution in [2.24, 2.45) is 34.5 Å². The second-order valence-electron chi connectivity index (χ2n) is 9.66. The third-order valence-corrected chi connectivity index (χ3v) is 8.83. The molecule has 0 saturated heterocycles. The smallest absolute Gasteiger partial charge is 0.0524 e. The lowest BCUT2D eigenvalue weighted by molar-refractivity contribution is -0.129. The maximum absolute atomic E-state index is 5.92. The van der Waals surface area contributed by atoms with Crippen molar-refractivity contribution in [1.29, 1.82) is 0 Å². The van der Waals surface area contributed by atoms with Crippen molar-refractivity contribution >= 4 is 0 Å². The first kappa shape index (κ1) is 20.4. The normalized spacial score (nSPS) is 44.1. The van der Waals surface area contributed by atoms with Gasteiger partial charge in [-0.05, 0) is 92.8 Å². The van der Waals surface area contributed by atoms with Crippen LogP contribution in [0.1, 0.15) is 78.6 Å². The molecule has 6 atom stereocenters. The molecule has 0 amide bonds. The summed E-state index contributed by atoms with van der Waals surface area (Å²) in [5.74, 6) is 3.44. The van der Waals surface area contributed by atoms with Gasteiger partial charge in [0.15, 0.2) is 0 Å². The summed E-state index contributed by atoms with van der Waals surface area (Å²) in [5, 5.41) is 0. The Morgan fingerprint density at radius 3 is 2.54 bits per heavy atom. The van der Waals surface area contributed by atoms with Gasteiger partial charge in [-0.1, -0.05) is 31.9 Å². The van der Waals surface area contributed by atoms with E-state index in [2.05, 4.69) is 26.8 Å². The van der Waals surface area contributed by atoms with Gasteiger partial charge in [-0.15, -0.1) is 0 Å². The second-order valence-corrected chi connectivity index (χ2v) is 9.66. The number of allylic oxidation sites excluding steroid dienone is 2. The zero-order valence-corrected chi connectivity index (χ0v) is 18.0. The predicted molar refractivity (Wildman–Crippen MR) is 109 cm³/mol. The minimum absolute atomic E-state index is 0.380. The number of methoxy groups -OCH3 is 2. The second kappa shape index (κ2) is 8.35. The van der Waals surface area contributed by atoms with E-state index in [0.717, 1.165) is 36.9 Å². The van der Waals surface area contributed by atoms with Crippen LogP contribution in [0.4, 0.5) is 0 Å². The first-order chi connectivity index (χ1) is 12.6. The zero-order valence-electron chi connectivity index (χ0n) is 18.0. The van der Waals surface area contributed by atoms with Crippen LogP contribution < -0.4 is 0 Å². The molecule has 2 nitrogen and oxygen atoms in total. The van der Waals surface area contributed by atoms with Crippen molar-refractivity contribution in [3.8, 4) is 0 Å². The number of ether oxygens (including phenoxy) is 2. The van der Waals surface area contributed by atoms with Crippen molar-refractivity contribution in [2.75, 3.05) is 27.4 Å². The summed E-state index contributed by atoms with van der Waals surface area (Å²) < 4.78 is 11.4. The van der Waals surface area contributed by atoms with E-state index in [9.17, 15) is 0 Å². The molecule has 0 radical (unpaired) electrons. The Kier molecular flexibility index (Phi) is 6.55. The Morgan fingerprint density at radius 1 is 1.08 bits per heavy atom. The topological polar surface area (TPSA) is 18.5 Å². The van der Waals surface area contributed by atoms with Gasteiger partial charge in [-0.3, -0.25) is 0 Å². The molecule has 26 heavy (non-hydrogen) atoms.